The molecule has 0 aromatic heterocycles. The van der Waals surface area contributed by atoms with Crippen molar-refractivity contribution in [3.05, 3.63) is 113 Å². The number of hydrogen-bond donors (Lipinski definition) is 4. The standard InChI is InChI=1S/C32H34N6O4/c1-23-21-26(13-15-28(23)33-24-9-5-3-6-10-24)35-31(39)17-19-37(2)20-18-32(40)36-27-14-16-29(30(22-27)38(41)42)34-25-11-7-4-8-12-25/h3-16,21-22,33-34H,17-20H2,1-2H3,(H,35,39)(H,36,40). The summed E-state index contributed by atoms with van der Waals surface area (Å²) in [5.41, 5.74) is 4.93. The van der Waals surface area contributed by atoms with Crippen molar-refractivity contribution < 1.29 is 14.5 Å². The number of aryl methyl sites for hydroxylation is 1. The topological polar surface area (TPSA) is 129 Å². The molecule has 0 fully saturated rings. The maximum atomic E-state index is 12.5. The van der Waals surface area contributed by atoms with Crippen LogP contribution < -0.4 is 21.3 Å². The van der Waals surface area contributed by atoms with Gasteiger partial charge >= 0.3 is 0 Å². The second-order valence-electron chi connectivity index (χ2n) is 9.90. The van der Waals surface area contributed by atoms with Gasteiger partial charge in [-0.1, -0.05) is 36.4 Å². The van der Waals surface area contributed by atoms with Gasteiger partial charge in [-0.2, -0.15) is 0 Å². The molecule has 4 N–H and O–H groups in total. The van der Waals surface area contributed by atoms with E-state index in [1.807, 2.05) is 97.7 Å². The first-order valence-electron chi connectivity index (χ1n) is 13.6. The van der Waals surface area contributed by atoms with E-state index in [9.17, 15) is 19.7 Å². The predicted molar refractivity (Wildman–Crippen MR) is 168 cm³/mol. The highest BCUT2D eigenvalue weighted by atomic mass is 16.6. The normalized spacial score (nSPS) is 10.6. The van der Waals surface area contributed by atoms with Crippen molar-refractivity contribution >= 4 is 51.6 Å². The summed E-state index contributed by atoms with van der Waals surface area (Å²) in [5, 5.41) is 23.7. The molecule has 4 aromatic carbocycles. The molecule has 0 spiro atoms. The fourth-order valence-corrected chi connectivity index (χ4v) is 4.25. The molecule has 10 nitrogen and oxygen atoms in total. The van der Waals surface area contributed by atoms with Crippen LogP contribution in [0.5, 0.6) is 0 Å². The fraction of sp³-hybridized carbons (Fsp3) is 0.188. The van der Waals surface area contributed by atoms with Crippen LogP contribution in [-0.2, 0) is 9.59 Å². The molecule has 0 saturated carbocycles. The molecule has 0 aliphatic rings. The minimum Gasteiger partial charge on any atom is -0.355 e. The third-order valence-electron chi connectivity index (χ3n) is 6.54. The lowest BCUT2D eigenvalue weighted by molar-refractivity contribution is -0.383. The van der Waals surface area contributed by atoms with Gasteiger partial charge in [-0.15, -0.1) is 0 Å². The maximum Gasteiger partial charge on any atom is 0.294 e. The number of rotatable bonds is 13. The second-order valence-corrected chi connectivity index (χ2v) is 9.90. The van der Waals surface area contributed by atoms with Crippen LogP contribution in [-0.4, -0.2) is 41.8 Å². The summed E-state index contributed by atoms with van der Waals surface area (Å²) in [6.07, 6.45) is 0.439. The Morgan fingerprint density at radius 2 is 1.17 bits per heavy atom. The number of benzene rings is 4. The molecule has 4 rings (SSSR count). The molecule has 0 unspecified atom stereocenters. The number of para-hydroxylation sites is 2. The lowest BCUT2D eigenvalue weighted by atomic mass is 10.1. The van der Waals surface area contributed by atoms with Crippen LogP contribution in [0.1, 0.15) is 18.4 Å². The molecule has 0 aliphatic carbocycles. The van der Waals surface area contributed by atoms with Crippen LogP contribution in [0, 0.1) is 17.0 Å². The summed E-state index contributed by atoms with van der Waals surface area (Å²) in [5.74, 6) is -0.393. The summed E-state index contributed by atoms with van der Waals surface area (Å²) >= 11 is 0. The molecule has 42 heavy (non-hydrogen) atoms. The average molecular weight is 567 g/mol. The maximum absolute atomic E-state index is 12.5. The van der Waals surface area contributed by atoms with E-state index in [2.05, 4.69) is 21.3 Å². The Morgan fingerprint density at radius 1 is 0.690 bits per heavy atom. The molecule has 4 aromatic rings. The third-order valence-corrected chi connectivity index (χ3v) is 6.54. The molecule has 0 aliphatic heterocycles. The lowest BCUT2D eigenvalue weighted by Gasteiger charge is -2.16. The van der Waals surface area contributed by atoms with Gasteiger partial charge in [0.1, 0.15) is 5.69 Å². The first-order chi connectivity index (χ1) is 20.3. The predicted octanol–water partition coefficient (Wildman–Crippen LogP) is 6.68. The number of nitrogens with zero attached hydrogens (tertiary/aromatic N) is 2. The third kappa shape index (κ3) is 8.90. The molecular formula is C32H34N6O4. The van der Waals surface area contributed by atoms with Gasteiger partial charge in [0.2, 0.25) is 11.8 Å². The van der Waals surface area contributed by atoms with Crippen molar-refractivity contribution in [3.8, 4) is 0 Å². The Hall–Kier alpha value is -5.22. The number of anilines is 6. The van der Waals surface area contributed by atoms with Crippen molar-refractivity contribution in [1.29, 1.82) is 0 Å². The number of nitrogens with one attached hydrogen (secondary N) is 4. The van der Waals surface area contributed by atoms with Crippen molar-refractivity contribution in [2.45, 2.75) is 19.8 Å². The molecule has 0 saturated heterocycles. The number of hydrogen-bond acceptors (Lipinski definition) is 7. The summed E-state index contributed by atoms with van der Waals surface area (Å²) in [7, 11) is 1.84. The molecular weight excluding hydrogens is 532 g/mol. The highest BCUT2D eigenvalue weighted by molar-refractivity contribution is 5.92. The monoisotopic (exact) mass is 566 g/mol. The summed E-state index contributed by atoms with van der Waals surface area (Å²) in [6, 6.07) is 29.3. The van der Waals surface area contributed by atoms with Crippen molar-refractivity contribution in [2.75, 3.05) is 41.4 Å². The zero-order valence-electron chi connectivity index (χ0n) is 23.6. The van der Waals surface area contributed by atoms with Gasteiger partial charge in [-0.05, 0) is 74.1 Å². The van der Waals surface area contributed by atoms with Gasteiger partial charge in [-0.25, -0.2) is 0 Å². The lowest BCUT2D eigenvalue weighted by Crippen LogP contribution is -2.27. The van der Waals surface area contributed by atoms with Crippen LogP contribution in [0.2, 0.25) is 0 Å². The van der Waals surface area contributed by atoms with Gasteiger partial charge in [0.15, 0.2) is 0 Å². The average Bonchev–Trinajstić information content (AvgIpc) is 2.98. The quantitative estimate of drug-likeness (QED) is 0.105. The Morgan fingerprint density at radius 3 is 1.67 bits per heavy atom. The minimum atomic E-state index is -0.489. The number of nitro benzene ring substituents is 1. The molecule has 216 valence electrons. The Labute approximate surface area is 244 Å². The molecule has 0 bridgehead atoms. The number of carbonyl (C=O) groups is 2. The zero-order valence-corrected chi connectivity index (χ0v) is 23.6. The van der Waals surface area contributed by atoms with Crippen LogP contribution in [0.25, 0.3) is 0 Å². The van der Waals surface area contributed by atoms with Crippen molar-refractivity contribution in [3.63, 3.8) is 0 Å². The summed E-state index contributed by atoms with van der Waals surface area (Å²) in [4.78, 5) is 38.1. The molecule has 10 heteroatoms. The Kier molecular flexibility index (Phi) is 10.2. The summed E-state index contributed by atoms with van der Waals surface area (Å²) < 4.78 is 0. The van der Waals surface area contributed by atoms with E-state index in [4.69, 9.17) is 0 Å². The summed E-state index contributed by atoms with van der Waals surface area (Å²) in [6.45, 7) is 2.87. The molecule has 0 atom stereocenters. The van der Waals surface area contributed by atoms with Crippen molar-refractivity contribution in [1.82, 2.24) is 4.90 Å². The van der Waals surface area contributed by atoms with Crippen LogP contribution >= 0.6 is 0 Å². The zero-order chi connectivity index (χ0) is 29.9. The van der Waals surface area contributed by atoms with Gasteiger partial charge in [-0.3, -0.25) is 19.7 Å². The molecule has 0 heterocycles. The Balaban J connectivity index is 1.21. The first kappa shape index (κ1) is 29.8. The van der Waals surface area contributed by atoms with E-state index < -0.39 is 4.92 Å². The molecule has 0 radical (unpaired) electrons. The highest BCUT2D eigenvalue weighted by Crippen LogP contribution is 2.30. The number of carbonyl (C=O) groups excluding carboxylic acids is 2. The largest absolute Gasteiger partial charge is 0.355 e. The highest BCUT2D eigenvalue weighted by Gasteiger charge is 2.16. The van der Waals surface area contributed by atoms with Gasteiger partial charge in [0, 0.05) is 60.4 Å². The SMILES string of the molecule is Cc1cc(NC(=O)CCN(C)CCC(=O)Nc2ccc(Nc3ccccc3)c([N+](=O)[O-])c2)ccc1Nc1ccccc1. The van der Waals surface area contributed by atoms with E-state index in [-0.39, 0.29) is 30.3 Å². The first-order valence-corrected chi connectivity index (χ1v) is 13.6. The van der Waals surface area contributed by atoms with E-state index in [0.29, 0.717) is 24.5 Å². The fourth-order valence-electron chi connectivity index (χ4n) is 4.25. The van der Waals surface area contributed by atoms with Crippen molar-refractivity contribution in [2.24, 2.45) is 0 Å². The van der Waals surface area contributed by atoms with Gasteiger partial charge in [0.05, 0.1) is 4.92 Å². The van der Waals surface area contributed by atoms with E-state index in [0.717, 1.165) is 28.3 Å². The molecule has 2 amide bonds. The van der Waals surface area contributed by atoms with Gasteiger partial charge < -0.3 is 26.2 Å². The van der Waals surface area contributed by atoms with Gasteiger partial charge in [0.25, 0.3) is 5.69 Å². The van der Waals surface area contributed by atoms with Crippen LogP contribution in [0.15, 0.2) is 97.1 Å². The number of amides is 2. The van der Waals surface area contributed by atoms with E-state index in [1.165, 1.54) is 6.07 Å². The minimum absolute atomic E-state index is 0.119. The smallest absolute Gasteiger partial charge is 0.294 e. The van der Waals surface area contributed by atoms with Crippen LogP contribution in [0.4, 0.5) is 39.8 Å². The van der Waals surface area contributed by atoms with Crippen LogP contribution in [0.3, 0.4) is 0 Å². The van der Waals surface area contributed by atoms with E-state index >= 15 is 0 Å². The Bertz CT molecular complexity index is 1530. The number of nitro groups is 1. The van der Waals surface area contributed by atoms with E-state index in [1.54, 1.807) is 12.1 Å². The second kappa shape index (κ2) is 14.4.